The van der Waals surface area contributed by atoms with Crippen LogP contribution in [0.4, 0.5) is 10.1 Å². The number of anilines is 1. The van der Waals surface area contributed by atoms with Gasteiger partial charge in [-0.05, 0) is 42.2 Å². The maximum Gasteiger partial charge on any atom is 0.274 e. The fraction of sp³-hybridized carbons (Fsp3) is 0.250. The number of carbonyl (C=O) groups excluding carboxylic acids is 1. The number of nitrogens with zero attached hydrogens (tertiary/aromatic N) is 1. The van der Waals surface area contributed by atoms with Gasteiger partial charge in [-0.2, -0.15) is 4.39 Å². The van der Waals surface area contributed by atoms with Crippen LogP contribution in [0.2, 0.25) is 0 Å². The summed E-state index contributed by atoms with van der Waals surface area (Å²) in [7, 11) is 0. The molecule has 1 N–H and O–H groups in total. The van der Waals surface area contributed by atoms with Gasteiger partial charge in [-0.1, -0.05) is 32.0 Å². The highest BCUT2D eigenvalue weighted by atomic mass is 19.1. The third-order valence-electron chi connectivity index (χ3n) is 3.30. The first-order valence-electron chi connectivity index (χ1n) is 6.64. The zero-order chi connectivity index (χ0) is 14.5. The van der Waals surface area contributed by atoms with Gasteiger partial charge in [0.05, 0.1) is 0 Å². The Bertz CT molecular complexity index is 596. The van der Waals surface area contributed by atoms with Crippen LogP contribution in [0.15, 0.2) is 42.5 Å². The summed E-state index contributed by atoms with van der Waals surface area (Å²) in [6.07, 6.45) is 1.07. The van der Waals surface area contributed by atoms with E-state index in [9.17, 15) is 9.18 Å². The molecule has 1 aromatic heterocycles. The molecule has 0 aliphatic heterocycles. The molecule has 20 heavy (non-hydrogen) atoms. The van der Waals surface area contributed by atoms with Gasteiger partial charge in [0.1, 0.15) is 5.69 Å². The first-order valence-corrected chi connectivity index (χ1v) is 6.64. The highest BCUT2D eigenvalue weighted by molar-refractivity contribution is 6.02. The molecule has 2 rings (SSSR count). The molecule has 1 heterocycles. The Balaban J connectivity index is 2.08. The van der Waals surface area contributed by atoms with Crippen LogP contribution in [-0.2, 0) is 0 Å². The van der Waals surface area contributed by atoms with Gasteiger partial charge in [0.15, 0.2) is 0 Å². The Morgan fingerprint density at radius 1 is 1.25 bits per heavy atom. The van der Waals surface area contributed by atoms with Crippen LogP contribution in [0.3, 0.4) is 0 Å². The molecular weight excluding hydrogens is 255 g/mol. The number of amides is 1. The molecule has 1 amide bonds. The second-order valence-corrected chi connectivity index (χ2v) is 4.73. The zero-order valence-corrected chi connectivity index (χ0v) is 11.6. The van der Waals surface area contributed by atoms with Crippen LogP contribution in [0.5, 0.6) is 0 Å². The predicted octanol–water partition coefficient (Wildman–Crippen LogP) is 3.99. The number of carbonyl (C=O) groups is 1. The quantitative estimate of drug-likeness (QED) is 0.855. The molecule has 0 aliphatic carbocycles. The average molecular weight is 272 g/mol. The molecule has 0 saturated heterocycles. The van der Waals surface area contributed by atoms with Crippen LogP contribution < -0.4 is 5.32 Å². The molecule has 3 nitrogen and oxygen atoms in total. The molecule has 104 valence electrons. The van der Waals surface area contributed by atoms with Crippen molar-refractivity contribution >= 4 is 11.6 Å². The minimum Gasteiger partial charge on any atom is -0.321 e. The van der Waals surface area contributed by atoms with E-state index in [0.717, 1.165) is 6.42 Å². The van der Waals surface area contributed by atoms with Crippen LogP contribution in [0.25, 0.3) is 0 Å². The summed E-state index contributed by atoms with van der Waals surface area (Å²) in [5.41, 5.74) is 1.97. The van der Waals surface area contributed by atoms with Crippen molar-refractivity contribution in [1.29, 1.82) is 0 Å². The monoisotopic (exact) mass is 272 g/mol. The topological polar surface area (TPSA) is 42.0 Å². The van der Waals surface area contributed by atoms with Gasteiger partial charge in [0.25, 0.3) is 5.91 Å². The van der Waals surface area contributed by atoms with Crippen molar-refractivity contribution in [2.45, 2.75) is 26.2 Å². The summed E-state index contributed by atoms with van der Waals surface area (Å²) in [4.78, 5) is 15.5. The minimum atomic E-state index is -0.662. The van der Waals surface area contributed by atoms with Crippen LogP contribution in [0.1, 0.15) is 42.2 Å². The highest BCUT2D eigenvalue weighted by Gasteiger charge is 2.09. The summed E-state index contributed by atoms with van der Waals surface area (Å²) >= 11 is 0. The van der Waals surface area contributed by atoms with Gasteiger partial charge in [0, 0.05) is 5.69 Å². The van der Waals surface area contributed by atoms with E-state index in [2.05, 4.69) is 24.1 Å². The molecule has 0 spiro atoms. The number of rotatable bonds is 4. The number of pyridine rings is 1. The summed E-state index contributed by atoms with van der Waals surface area (Å²) in [6.45, 7) is 4.29. The van der Waals surface area contributed by atoms with Gasteiger partial charge in [-0.3, -0.25) is 4.79 Å². The SMILES string of the molecule is CCC(C)c1ccc(NC(=O)c2cccc(F)n2)cc1. The van der Waals surface area contributed by atoms with Crippen molar-refractivity contribution in [3.05, 3.63) is 59.7 Å². The number of benzene rings is 1. The van der Waals surface area contributed by atoms with E-state index < -0.39 is 11.9 Å². The van der Waals surface area contributed by atoms with E-state index >= 15 is 0 Å². The summed E-state index contributed by atoms with van der Waals surface area (Å²) in [5.74, 6) is -0.588. The van der Waals surface area contributed by atoms with Crippen LogP contribution in [-0.4, -0.2) is 10.9 Å². The lowest BCUT2D eigenvalue weighted by Gasteiger charge is -2.10. The molecule has 1 unspecified atom stereocenters. The third kappa shape index (κ3) is 3.41. The van der Waals surface area contributed by atoms with Crippen molar-refractivity contribution in [2.24, 2.45) is 0 Å². The Kier molecular flexibility index (Phi) is 4.45. The fourth-order valence-corrected chi connectivity index (χ4v) is 1.86. The fourth-order valence-electron chi connectivity index (χ4n) is 1.86. The van der Waals surface area contributed by atoms with Gasteiger partial charge in [-0.15, -0.1) is 0 Å². The van der Waals surface area contributed by atoms with Gasteiger partial charge in [-0.25, -0.2) is 4.98 Å². The highest BCUT2D eigenvalue weighted by Crippen LogP contribution is 2.20. The minimum absolute atomic E-state index is 0.0657. The Hall–Kier alpha value is -2.23. The van der Waals surface area contributed by atoms with Crippen molar-refractivity contribution in [3.8, 4) is 0 Å². The zero-order valence-electron chi connectivity index (χ0n) is 11.6. The second-order valence-electron chi connectivity index (χ2n) is 4.73. The molecule has 4 heteroatoms. The van der Waals surface area contributed by atoms with E-state index in [1.807, 2.05) is 24.3 Å². The molecule has 0 aliphatic rings. The van der Waals surface area contributed by atoms with E-state index in [0.29, 0.717) is 11.6 Å². The largest absolute Gasteiger partial charge is 0.321 e. The van der Waals surface area contributed by atoms with E-state index in [4.69, 9.17) is 0 Å². The average Bonchev–Trinajstić information content (AvgIpc) is 2.47. The number of hydrogen-bond donors (Lipinski definition) is 1. The van der Waals surface area contributed by atoms with Crippen molar-refractivity contribution in [1.82, 2.24) is 4.98 Å². The molecule has 0 fully saturated rings. The first-order chi connectivity index (χ1) is 9.60. The van der Waals surface area contributed by atoms with Gasteiger partial charge in [0.2, 0.25) is 5.95 Å². The Morgan fingerprint density at radius 3 is 2.55 bits per heavy atom. The van der Waals surface area contributed by atoms with E-state index in [1.54, 1.807) is 0 Å². The van der Waals surface area contributed by atoms with Crippen LogP contribution >= 0.6 is 0 Å². The van der Waals surface area contributed by atoms with Crippen molar-refractivity contribution in [3.63, 3.8) is 0 Å². The van der Waals surface area contributed by atoms with E-state index in [-0.39, 0.29) is 5.69 Å². The number of halogens is 1. The summed E-state index contributed by atoms with van der Waals surface area (Å²) < 4.78 is 13.0. The van der Waals surface area contributed by atoms with Crippen LogP contribution in [0, 0.1) is 5.95 Å². The molecule has 0 radical (unpaired) electrons. The normalized spacial score (nSPS) is 11.9. The standard InChI is InChI=1S/C16H17FN2O/c1-3-11(2)12-7-9-13(10-8-12)18-16(20)14-5-4-6-15(17)19-14/h4-11H,3H2,1-2H3,(H,18,20). The lowest BCUT2D eigenvalue weighted by Crippen LogP contribution is -2.14. The van der Waals surface area contributed by atoms with Crippen molar-refractivity contribution < 1.29 is 9.18 Å². The molecule has 0 bridgehead atoms. The van der Waals surface area contributed by atoms with Crippen molar-refractivity contribution in [2.75, 3.05) is 5.32 Å². The lowest BCUT2D eigenvalue weighted by molar-refractivity contribution is 0.102. The molecule has 0 saturated carbocycles. The maximum atomic E-state index is 13.0. The molecule has 1 aromatic carbocycles. The molecular formula is C16H17FN2O. The number of hydrogen-bond acceptors (Lipinski definition) is 2. The van der Waals surface area contributed by atoms with Gasteiger partial charge >= 0.3 is 0 Å². The third-order valence-corrected chi connectivity index (χ3v) is 3.30. The first kappa shape index (κ1) is 14.2. The molecule has 2 aromatic rings. The van der Waals surface area contributed by atoms with Gasteiger partial charge < -0.3 is 5.32 Å². The smallest absolute Gasteiger partial charge is 0.274 e. The summed E-state index contributed by atoms with van der Waals surface area (Å²) in [5, 5.41) is 2.70. The number of aromatic nitrogens is 1. The Morgan fingerprint density at radius 2 is 1.95 bits per heavy atom. The molecule has 1 atom stereocenters. The second kappa shape index (κ2) is 6.28. The lowest BCUT2D eigenvalue weighted by atomic mass is 9.99. The summed E-state index contributed by atoms with van der Waals surface area (Å²) in [6, 6.07) is 11.8. The number of nitrogens with one attached hydrogen (secondary N) is 1. The van der Waals surface area contributed by atoms with E-state index in [1.165, 1.54) is 23.8 Å². The predicted molar refractivity (Wildman–Crippen MR) is 77.3 cm³/mol. The Labute approximate surface area is 117 Å². The maximum absolute atomic E-state index is 13.0.